The van der Waals surface area contributed by atoms with E-state index in [1.807, 2.05) is 32.0 Å². The van der Waals surface area contributed by atoms with Gasteiger partial charge in [0, 0.05) is 11.1 Å². The van der Waals surface area contributed by atoms with Crippen molar-refractivity contribution in [3.8, 4) is 5.75 Å². The molecule has 0 saturated heterocycles. The summed E-state index contributed by atoms with van der Waals surface area (Å²) in [5.74, 6) is 0.265. The Morgan fingerprint density at radius 2 is 1.47 bits per heavy atom. The largest absolute Gasteiger partial charge is 0.507 e. The van der Waals surface area contributed by atoms with Crippen LogP contribution in [0.15, 0.2) is 30.3 Å². The zero-order valence-corrected chi connectivity index (χ0v) is 11.7. The van der Waals surface area contributed by atoms with Gasteiger partial charge in [-0.2, -0.15) is 0 Å². The lowest BCUT2D eigenvalue weighted by Crippen LogP contribution is -2.05. The summed E-state index contributed by atoms with van der Waals surface area (Å²) in [6, 6.07) is 9.30. The predicted molar refractivity (Wildman–Crippen MR) is 76.9 cm³/mol. The third kappa shape index (κ3) is 2.53. The molecular weight excluding hydrogens is 236 g/mol. The fourth-order valence-electron chi connectivity index (χ4n) is 2.31. The number of aryl methyl sites for hydroxylation is 4. The molecule has 0 aliphatic heterocycles. The fraction of sp³-hybridized carbons (Fsp3) is 0.235. The second-order valence-electron chi connectivity index (χ2n) is 5.11. The molecule has 0 aliphatic carbocycles. The molecule has 1 N–H and O–H groups in total. The average Bonchev–Trinajstić information content (AvgIpc) is 2.34. The molecule has 2 aromatic rings. The summed E-state index contributed by atoms with van der Waals surface area (Å²) in [5.41, 5.74) is 4.93. The van der Waals surface area contributed by atoms with E-state index >= 15 is 0 Å². The van der Waals surface area contributed by atoms with Gasteiger partial charge in [0.2, 0.25) is 0 Å². The zero-order chi connectivity index (χ0) is 14.2. The average molecular weight is 254 g/mol. The predicted octanol–water partition coefficient (Wildman–Crippen LogP) is 3.86. The van der Waals surface area contributed by atoms with Gasteiger partial charge in [-0.25, -0.2) is 0 Å². The molecule has 0 atom stereocenters. The molecule has 0 fully saturated rings. The number of phenols is 1. The molecule has 0 unspecified atom stereocenters. The Morgan fingerprint density at radius 3 is 2.00 bits per heavy atom. The third-order valence-corrected chi connectivity index (χ3v) is 3.38. The highest BCUT2D eigenvalue weighted by molar-refractivity contribution is 6.10. The van der Waals surface area contributed by atoms with Crippen LogP contribution in [0.5, 0.6) is 5.75 Å². The van der Waals surface area contributed by atoms with E-state index in [0.717, 1.165) is 27.8 Å². The second-order valence-corrected chi connectivity index (χ2v) is 5.11. The molecule has 2 rings (SSSR count). The first-order chi connectivity index (χ1) is 8.90. The highest BCUT2D eigenvalue weighted by atomic mass is 16.3. The van der Waals surface area contributed by atoms with Crippen LogP contribution in [0.3, 0.4) is 0 Å². The van der Waals surface area contributed by atoms with Crippen molar-refractivity contribution in [3.05, 3.63) is 63.7 Å². The second kappa shape index (κ2) is 4.88. The number of benzene rings is 2. The van der Waals surface area contributed by atoms with Crippen LogP contribution in [-0.2, 0) is 0 Å². The van der Waals surface area contributed by atoms with Crippen LogP contribution >= 0.6 is 0 Å². The lowest BCUT2D eigenvalue weighted by Gasteiger charge is -2.09. The topological polar surface area (TPSA) is 37.3 Å². The molecule has 2 nitrogen and oxygen atoms in total. The van der Waals surface area contributed by atoms with E-state index in [0.29, 0.717) is 5.56 Å². The van der Waals surface area contributed by atoms with E-state index in [1.54, 1.807) is 26.0 Å². The molecule has 0 bridgehead atoms. The van der Waals surface area contributed by atoms with Crippen molar-refractivity contribution in [2.75, 3.05) is 0 Å². The monoisotopic (exact) mass is 254 g/mol. The van der Waals surface area contributed by atoms with Crippen LogP contribution < -0.4 is 0 Å². The van der Waals surface area contributed by atoms with Gasteiger partial charge in [0.15, 0.2) is 5.78 Å². The van der Waals surface area contributed by atoms with E-state index in [-0.39, 0.29) is 11.5 Å². The number of rotatable bonds is 2. The van der Waals surface area contributed by atoms with Crippen LogP contribution in [-0.4, -0.2) is 10.9 Å². The summed E-state index contributed by atoms with van der Waals surface area (Å²) in [6.07, 6.45) is 0. The van der Waals surface area contributed by atoms with Crippen LogP contribution in [0.1, 0.15) is 38.2 Å². The van der Waals surface area contributed by atoms with Crippen molar-refractivity contribution in [1.82, 2.24) is 0 Å². The smallest absolute Gasteiger partial charge is 0.193 e. The molecule has 0 heterocycles. The first-order valence-electron chi connectivity index (χ1n) is 6.32. The summed E-state index contributed by atoms with van der Waals surface area (Å²) in [5, 5.41) is 9.76. The van der Waals surface area contributed by atoms with Crippen molar-refractivity contribution in [2.24, 2.45) is 0 Å². The Morgan fingerprint density at radius 1 is 0.895 bits per heavy atom. The maximum atomic E-state index is 12.5. The summed E-state index contributed by atoms with van der Waals surface area (Å²) >= 11 is 0. The van der Waals surface area contributed by atoms with E-state index in [2.05, 4.69) is 0 Å². The summed E-state index contributed by atoms with van der Waals surface area (Å²) < 4.78 is 0. The van der Waals surface area contributed by atoms with Gasteiger partial charge in [0.25, 0.3) is 0 Å². The number of phenolic OH excluding ortho intramolecular Hbond substituents is 1. The van der Waals surface area contributed by atoms with Gasteiger partial charge in [-0.05, 0) is 56.5 Å². The van der Waals surface area contributed by atoms with E-state index in [9.17, 15) is 9.90 Å². The van der Waals surface area contributed by atoms with Gasteiger partial charge in [-0.15, -0.1) is 0 Å². The summed E-state index contributed by atoms with van der Waals surface area (Å²) in [4.78, 5) is 12.5. The molecule has 2 aromatic carbocycles. The summed E-state index contributed by atoms with van der Waals surface area (Å²) in [7, 11) is 0. The van der Waals surface area contributed by atoms with Crippen molar-refractivity contribution in [3.63, 3.8) is 0 Å². The summed E-state index contributed by atoms with van der Waals surface area (Å²) in [6.45, 7) is 7.57. The molecule has 0 spiro atoms. The maximum Gasteiger partial charge on any atom is 0.193 e. The molecule has 0 amide bonds. The number of carbonyl (C=O) groups excluding carboxylic acids is 1. The minimum atomic E-state index is 0.00343. The van der Waals surface area contributed by atoms with Crippen LogP contribution in [0.4, 0.5) is 0 Å². The van der Waals surface area contributed by atoms with Gasteiger partial charge in [0.1, 0.15) is 5.75 Å². The van der Waals surface area contributed by atoms with Crippen molar-refractivity contribution in [1.29, 1.82) is 0 Å². The van der Waals surface area contributed by atoms with Crippen molar-refractivity contribution in [2.45, 2.75) is 27.7 Å². The molecular formula is C17H18O2. The lowest BCUT2D eigenvalue weighted by molar-refractivity contribution is 0.103. The highest BCUT2D eigenvalue weighted by Gasteiger charge is 2.14. The van der Waals surface area contributed by atoms with Crippen LogP contribution in [0.25, 0.3) is 0 Å². The Hall–Kier alpha value is -2.09. The van der Waals surface area contributed by atoms with E-state index in [4.69, 9.17) is 0 Å². The quantitative estimate of drug-likeness (QED) is 0.826. The van der Waals surface area contributed by atoms with Crippen LogP contribution in [0, 0.1) is 27.7 Å². The Balaban J connectivity index is 2.50. The number of carbonyl (C=O) groups is 1. The SMILES string of the molecule is Cc1ccc(C(=O)c2cc(C)c(O)c(C)c2)c(C)c1. The fourth-order valence-corrected chi connectivity index (χ4v) is 2.31. The number of hydrogen-bond donors (Lipinski definition) is 1. The minimum Gasteiger partial charge on any atom is -0.507 e. The third-order valence-electron chi connectivity index (χ3n) is 3.38. The number of aromatic hydroxyl groups is 1. The van der Waals surface area contributed by atoms with Crippen molar-refractivity contribution >= 4 is 5.78 Å². The molecule has 0 aliphatic rings. The van der Waals surface area contributed by atoms with E-state index in [1.165, 1.54) is 0 Å². The van der Waals surface area contributed by atoms with Gasteiger partial charge in [-0.3, -0.25) is 4.79 Å². The lowest BCUT2D eigenvalue weighted by atomic mass is 9.95. The standard InChI is InChI=1S/C17H18O2/c1-10-5-6-15(11(2)7-10)17(19)14-8-12(3)16(18)13(4)9-14/h5-9,18H,1-4H3. The molecule has 0 aromatic heterocycles. The van der Waals surface area contributed by atoms with Crippen LogP contribution in [0.2, 0.25) is 0 Å². The molecule has 0 radical (unpaired) electrons. The van der Waals surface area contributed by atoms with Gasteiger partial charge in [-0.1, -0.05) is 23.8 Å². The number of hydrogen-bond acceptors (Lipinski definition) is 2. The zero-order valence-electron chi connectivity index (χ0n) is 11.7. The first kappa shape index (κ1) is 13.3. The molecule has 98 valence electrons. The number of ketones is 1. The Bertz CT molecular complexity index is 631. The molecule has 19 heavy (non-hydrogen) atoms. The minimum absolute atomic E-state index is 0.00343. The van der Waals surface area contributed by atoms with Gasteiger partial charge in [0.05, 0.1) is 0 Å². The van der Waals surface area contributed by atoms with E-state index < -0.39 is 0 Å². The van der Waals surface area contributed by atoms with Gasteiger partial charge >= 0.3 is 0 Å². The van der Waals surface area contributed by atoms with Gasteiger partial charge < -0.3 is 5.11 Å². The maximum absolute atomic E-state index is 12.5. The van der Waals surface area contributed by atoms with Crippen molar-refractivity contribution < 1.29 is 9.90 Å². The molecule has 2 heteroatoms. The first-order valence-corrected chi connectivity index (χ1v) is 6.32. The Kier molecular flexibility index (Phi) is 3.43. The highest BCUT2D eigenvalue weighted by Crippen LogP contribution is 2.25. The Labute approximate surface area is 113 Å². The normalized spacial score (nSPS) is 10.5. The molecule has 0 saturated carbocycles.